The average molecular weight is 252 g/mol. The quantitative estimate of drug-likeness (QED) is 0.757. The maximum absolute atomic E-state index is 12.1. The molecule has 2 heterocycles. The van der Waals surface area contributed by atoms with Gasteiger partial charge in [-0.1, -0.05) is 5.21 Å². The van der Waals surface area contributed by atoms with Gasteiger partial charge in [0, 0.05) is 39.8 Å². The lowest BCUT2D eigenvalue weighted by atomic mass is 10.3. The van der Waals surface area contributed by atoms with Crippen LogP contribution in [0.25, 0.3) is 0 Å². The van der Waals surface area contributed by atoms with Crippen LogP contribution in [-0.4, -0.2) is 65.6 Å². The van der Waals surface area contributed by atoms with Crippen LogP contribution in [0.3, 0.4) is 0 Å². The molecule has 1 saturated heterocycles. The molecule has 0 aliphatic carbocycles. The fourth-order valence-electron chi connectivity index (χ4n) is 2.07. The van der Waals surface area contributed by atoms with Crippen molar-refractivity contribution in [3.8, 4) is 0 Å². The third-order valence-electron chi connectivity index (χ3n) is 3.13. The number of anilines is 1. The summed E-state index contributed by atoms with van der Waals surface area (Å²) < 4.78 is 1.78. The highest BCUT2D eigenvalue weighted by Crippen LogP contribution is 2.09. The van der Waals surface area contributed by atoms with Crippen LogP contribution in [0.15, 0.2) is 6.20 Å². The van der Waals surface area contributed by atoms with Crippen LogP contribution in [0.4, 0.5) is 5.82 Å². The molecule has 0 unspecified atom stereocenters. The molecule has 100 valence electrons. The largest absolute Gasteiger partial charge is 0.349 e. The number of carbonyl (C=O) groups excluding carboxylic acids is 1. The summed E-state index contributed by atoms with van der Waals surface area (Å²) in [5.41, 5.74) is 0. The minimum atomic E-state index is 0.155. The molecular formula is C11H20N6O. The lowest BCUT2D eigenvalue weighted by Crippen LogP contribution is -2.49. The van der Waals surface area contributed by atoms with Crippen LogP contribution in [0.1, 0.15) is 6.92 Å². The van der Waals surface area contributed by atoms with E-state index in [4.69, 9.17) is 0 Å². The third-order valence-corrected chi connectivity index (χ3v) is 3.13. The number of aryl methyl sites for hydroxylation is 1. The highest BCUT2D eigenvalue weighted by Gasteiger charge is 2.19. The van der Waals surface area contributed by atoms with Gasteiger partial charge in [-0.3, -0.25) is 4.79 Å². The van der Waals surface area contributed by atoms with Gasteiger partial charge in [0.05, 0.1) is 12.7 Å². The molecule has 7 nitrogen and oxygen atoms in total. The number of aromatic nitrogens is 3. The lowest BCUT2D eigenvalue weighted by Gasteiger charge is -2.29. The molecule has 0 radical (unpaired) electrons. The van der Waals surface area contributed by atoms with Gasteiger partial charge in [0.15, 0.2) is 0 Å². The Morgan fingerprint density at radius 3 is 2.89 bits per heavy atom. The van der Waals surface area contributed by atoms with Gasteiger partial charge >= 0.3 is 0 Å². The van der Waals surface area contributed by atoms with Gasteiger partial charge in [0.25, 0.3) is 0 Å². The highest BCUT2D eigenvalue weighted by molar-refractivity contribution is 5.81. The Morgan fingerprint density at radius 1 is 1.50 bits per heavy atom. The molecule has 1 aliphatic heterocycles. The molecule has 0 bridgehead atoms. The van der Waals surface area contributed by atoms with Crippen LogP contribution in [0.5, 0.6) is 0 Å². The predicted molar refractivity (Wildman–Crippen MR) is 68.4 cm³/mol. The molecule has 0 aromatic carbocycles. The van der Waals surface area contributed by atoms with E-state index in [1.165, 1.54) is 0 Å². The van der Waals surface area contributed by atoms with Crippen molar-refractivity contribution >= 4 is 11.7 Å². The monoisotopic (exact) mass is 252 g/mol. The maximum Gasteiger partial charge on any atom is 0.242 e. The minimum absolute atomic E-state index is 0.155. The summed E-state index contributed by atoms with van der Waals surface area (Å²) in [5, 5.41) is 11.1. The summed E-state index contributed by atoms with van der Waals surface area (Å²) in [4.78, 5) is 15.9. The molecule has 2 rings (SSSR count). The number of hydrogen-bond acceptors (Lipinski definition) is 5. The van der Waals surface area contributed by atoms with E-state index in [2.05, 4.69) is 15.6 Å². The number of nitrogens with one attached hydrogen (secondary N) is 1. The van der Waals surface area contributed by atoms with E-state index >= 15 is 0 Å². The first-order valence-electron chi connectivity index (χ1n) is 6.30. The molecular weight excluding hydrogens is 232 g/mol. The van der Waals surface area contributed by atoms with E-state index in [-0.39, 0.29) is 5.91 Å². The van der Waals surface area contributed by atoms with E-state index in [1.54, 1.807) is 10.9 Å². The summed E-state index contributed by atoms with van der Waals surface area (Å²) in [7, 11) is 1.89. The van der Waals surface area contributed by atoms with E-state index in [1.807, 2.05) is 23.8 Å². The van der Waals surface area contributed by atoms with Crippen LogP contribution >= 0.6 is 0 Å². The smallest absolute Gasteiger partial charge is 0.242 e. The van der Waals surface area contributed by atoms with Crippen molar-refractivity contribution in [1.29, 1.82) is 0 Å². The maximum atomic E-state index is 12.1. The minimum Gasteiger partial charge on any atom is -0.349 e. The van der Waals surface area contributed by atoms with Gasteiger partial charge in [-0.05, 0) is 6.92 Å². The Morgan fingerprint density at radius 2 is 2.22 bits per heavy atom. The summed E-state index contributed by atoms with van der Waals surface area (Å²) in [6, 6.07) is 0. The van der Waals surface area contributed by atoms with Crippen molar-refractivity contribution in [3.63, 3.8) is 0 Å². The zero-order valence-corrected chi connectivity index (χ0v) is 11.0. The Bertz CT molecular complexity index is 398. The van der Waals surface area contributed by atoms with E-state index in [9.17, 15) is 4.79 Å². The zero-order chi connectivity index (χ0) is 13.0. The molecule has 0 atom stereocenters. The van der Waals surface area contributed by atoms with Gasteiger partial charge in [0.2, 0.25) is 5.91 Å². The standard InChI is InChI=1S/C11H20N6O/c1-3-17-10(8-13-14-17)15(2)9-11(18)16-6-4-12-5-7-16/h8,12H,3-7,9H2,1-2H3. The van der Waals surface area contributed by atoms with Crippen LogP contribution < -0.4 is 10.2 Å². The second-order valence-corrected chi connectivity index (χ2v) is 4.39. The fourth-order valence-corrected chi connectivity index (χ4v) is 2.07. The molecule has 1 aliphatic rings. The van der Waals surface area contributed by atoms with Crippen molar-refractivity contribution in [1.82, 2.24) is 25.2 Å². The number of rotatable bonds is 4. The Labute approximate surface area is 107 Å². The third kappa shape index (κ3) is 2.79. The second kappa shape index (κ2) is 5.81. The first-order valence-corrected chi connectivity index (χ1v) is 6.30. The number of likely N-dealkylation sites (N-methyl/N-ethyl adjacent to an activating group) is 1. The first-order chi connectivity index (χ1) is 8.72. The molecule has 1 N–H and O–H groups in total. The fraction of sp³-hybridized carbons (Fsp3) is 0.727. The van der Waals surface area contributed by atoms with Gasteiger partial charge < -0.3 is 15.1 Å². The number of nitrogens with zero attached hydrogens (tertiary/aromatic N) is 5. The SMILES string of the molecule is CCn1nncc1N(C)CC(=O)N1CCNCC1. The van der Waals surface area contributed by atoms with Gasteiger partial charge in [0.1, 0.15) is 5.82 Å². The van der Waals surface area contributed by atoms with Crippen LogP contribution in [0.2, 0.25) is 0 Å². The Hall–Kier alpha value is -1.63. The van der Waals surface area contributed by atoms with E-state index in [0.717, 1.165) is 38.5 Å². The first kappa shape index (κ1) is 12.8. The molecule has 7 heteroatoms. The molecule has 1 fully saturated rings. The summed E-state index contributed by atoms with van der Waals surface area (Å²) in [6.45, 7) is 6.46. The van der Waals surface area contributed by atoms with Crippen molar-refractivity contribution in [2.45, 2.75) is 13.5 Å². The average Bonchev–Trinajstić information content (AvgIpc) is 2.88. The van der Waals surface area contributed by atoms with Crippen LogP contribution in [0, 0.1) is 0 Å². The normalized spacial score (nSPS) is 15.8. The number of hydrogen-bond donors (Lipinski definition) is 1. The molecule has 18 heavy (non-hydrogen) atoms. The second-order valence-electron chi connectivity index (χ2n) is 4.39. The number of carbonyl (C=O) groups is 1. The molecule has 0 spiro atoms. The molecule has 1 amide bonds. The van der Waals surface area contributed by atoms with E-state index < -0.39 is 0 Å². The van der Waals surface area contributed by atoms with E-state index in [0.29, 0.717) is 6.54 Å². The van der Waals surface area contributed by atoms with Crippen LogP contribution in [-0.2, 0) is 11.3 Å². The highest BCUT2D eigenvalue weighted by atomic mass is 16.2. The Kier molecular flexibility index (Phi) is 4.14. The van der Waals surface area contributed by atoms with Crippen molar-refractivity contribution in [2.75, 3.05) is 44.7 Å². The van der Waals surface area contributed by atoms with Crippen molar-refractivity contribution in [2.24, 2.45) is 0 Å². The Balaban J connectivity index is 1.94. The van der Waals surface area contributed by atoms with Gasteiger partial charge in [-0.15, -0.1) is 5.10 Å². The number of amides is 1. The predicted octanol–water partition coefficient (Wildman–Crippen LogP) is -0.834. The number of piperazine rings is 1. The summed E-state index contributed by atoms with van der Waals surface area (Å²) in [5.74, 6) is 1.03. The summed E-state index contributed by atoms with van der Waals surface area (Å²) in [6.07, 6.45) is 1.69. The summed E-state index contributed by atoms with van der Waals surface area (Å²) >= 11 is 0. The van der Waals surface area contributed by atoms with Gasteiger partial charge in [-0.25, -0.2) is 4.68 Å². The van der Waals surface area contributed by atoms with Crippen molar-refractivity contribution < 1.29 is 4.79 Å². The molecule has 1 aromatic heterocycles. The van der Waals surface area contributed by atoms with Gasteiger partial charge in [-0.2, -0.15) is 0 Å². The van der Waals surface area contributed by atoms with Crippen molar-refractivity contribution in [3.05, 3.63) is 6.20 Å². The molecule has 1 aromatic rings. The molecule has 0 saturated carbocycles. The lowest BCUT2D eigenvalue weighted by molar-refractivity contribution is -0.130. The zero-order valence-electron chi connectivity index (χ0n) is 11.0. The topological polar surface area (TPSA) is 66.3 Å².